The van der Waals surface area contributed by atoms with Crippen LogP contribution in [0.1, 0.15) is 35.7 Å². The molecule has 27 heavy (non-hydrogen) atoms. The first-order valence-corrected chi connectivity index (χ1v) is 9.78. The van der Waals surface area contributed by atoms with Crippen LogP contribution in [0.15, 0.2) is 36.4 Å². The molecule has 0 aliphatic carbocycles. The lowest BCUT2D eigenvalue weighted by molar-refractivity contribution is 0.195. The van der Waals surface area contributed by atoms with E-state index in [0.717, 1.165) is 67.2 Å². The van der Waals surface area contributed by atoms with Crippen molar-refractivity contribution in [2.24, 2.45) is 0 Å². The lowest BCUT2D eigenvalue weighted by atomic mass is 9.89. The minimum Gasteiger partial charge on any atom is -0.489 e. The maximum Gasteiger partial charge on any atom is 0.145 e. The molecule has 4 nitrogen and oxygen atoms in total. The van der Waals surface area contributed by atoms with E-state index in [1.54, 1.807) is 6.07 Å². The van der Waals surface area contributed by atoms with Gasteiger partial charge in [0.2, 0.25) is 0 Å². The molecule has 0 saturated carbocycles. The summed E-state index contributed by atoms with van der Waals surface area (Å²) in [7, 11) is 0. The van der Waals surface area contributed by atoms with Gasteiger partial charge in [-0.2, -0.15) is 0 Å². The van der Waals surface area contributed by atoms with Crippen LogP contribution in [0.2, 0.25) is 0 Å². The Kier molecular flexibility index (Phi) is 4.12. The van der Waals surface area contributed by atoms with Gasteiger partial charge in [0, 0.05) is 0 Å². The van der Waals surface area contributed by atoms with E-state index in [-0.39, 0.29) is 5.82 Å². The van der Waals surface area contributed by atoms with Gasteiger partial charge in [-0.15, -0.1) is 0 Å². The highest BCUT2D eigenvalue weighted by Crippen LogP contribution is 2.33. The summed E-state index contributed by atoms with van der Waals surface area (Å²) in [5.74, 6) is 2.41. The Morgan fingerprint density at radius 1 is 1.15 bits per heavy atom. The summed E-state index contributed by atoms with van der Waals surface area (Å²) < 4.78 is 21.7. The number of likely N-dealkylation sites (tertiary alicyclic amines) is 1. The van der Waals surface area contributed by atoms with E-state index in [9.17, 15) is 4.39 Å². The first kappa shape index (κ1) is 16.8. The maximum atomic E-state index is 13.5. The Labute approximate surface area is 158 Å². The molecule has 0 bridgehead atoms. The molecule has 140 valence electrons. The van der Waals surface area contributed by atoms with Crippen molar-refractivity contribution in [1.29, 1.82) is 0 Å². The number of aryl methyl sites for hydroxylation is 1. The molecule has 5 heteroatoms. The molecule has 0 atom stereocenters. The second-order valence-electron chi connectivity index (χ2n) is 7.76. The predicted molar refractivity (Wildman–Crippen MR) is 104 cm³/mol. The number of hydrogen-bond acceptors (Lipinski definition) is 3. The van der Waals surface area contributed by atoms with Crippen LogP contribution in [0.3, 0.4) is 0 Å². The van der Waals surface area contributed by atoms with Gasteiger partial charge in [0.25, 0.3) is 0 Å². The average molecular weight is 365 g/mol. The maximum absolute atomic E-state index is 13.5. The summed E-state index contributed by atoms with van der Waals surface area (Å²) in [5, 5.41) is 0. The molecular formula is C22H24FN3O. The highest BCUT2D eigenvalue weighted by atomic mass is 19.1. The number of rotatable bonds is 3. The summed E-state index contributed by atoms with van der Waals surface area (Å²) in [5.41, 5.74) is 4.49. The predicted octanol–water partition coefficient (Wildman–Crippen LogP) is 4.26. The highest BCUT2D eigenvalue weighted by molar-refractivity contribution is 5.84. The molecule has 2 aliphatic rings. The first-order chi connectivity index (χ1) is 13.2. The summed E-state index contributed by atoms with van der Waals surface area (Å²) >= 11 is 0. The number of benzene rings is 2. The molecular weight excluding hydrogens is 341 g/mol. The van der Waals surface area contributed by atoms with Gasteiger partial charge < -0.3 is 9.30 Å². The van der Waals surface area contributed by atoms with E-state index in [1.165, 1.54) is 11.6 Å². The van der Waals surface area contributed by atoms with Crippen LogP contribution in [0.4, 0.5) is 4.39 Å². The molecule has 0 amide bonds. The minimum atomic E-state index is -0.133. The number of aromatic nitrogens is 2. The quantitative estimate of drug-likeness (QED) is 0.695. The average Bonchev–Trinajstić information content (AvgIpc) is 3.01. The molecule has 1 fully saturated rings. The third-order valence-electron chi connectivity index (χ3n) is 5.88. The van der Waals surface area contributed by atoms with Crippen LogP contribution in [0.25, 0.3) is 11.0 Å². The third kappa shape index (κ3) is 3.10. The molecule has 1 saturated heterocycles. The molecule has 3 heterocycles. The summed E-state index contributed by atoms with van der Waals surface area (Å²) in [6.45, 7) is 6.56. The normalized spacial score (nSPS) is 18.0. The fourth-order valence-electron chi connectivity index (χ4n) is 4.52. The van der Waals surface area contributed by atoms with Crippen molar-refractivity contribution in [2.75, 3.05) is 19.7 Å². The Balaban J connectivity index is 1.33. The van der Waals surface area contributed by atoms with Crippen molar-refractivity contribution in [3.05, 3.63) is 59.2 Å². The van der Waals surface area contributed by atoms with Crippen molar-refractivity contribution in [3.63, 3.8) is 0 Å². The molecule has 0 N–H and O–H groups in total. The molecule has 2 aliphatic heterocycles. The lowest BCUT2D eigenvalue weighted by Gasteiger charge is -2.32. The molecule has 3 aromatic rings. The van der Waals surface area contributed by atoms with Gasteiger partial charge in [0.15, 0.2) is 0 Å². The fraction of sp³-hybridized carbons (Fsp3) is 0.409. The standard InChI is InChI=1S/C22H24FN3O/c1-15-11-19-22-20(12-15)27-10-9-26(22)21(24-19)14-25-7-5-16(6-8-25)17-3-2-4-18(23)13-17/h2-4,11-13,16H,5-10,14H2,1H3. The highest BCUT2D eigenvalue weighted by Gasteiger charge is 2.24. The number of piperidine rings is 1. The van der Waals surface area contributed by atoms with Crippen LogP contribution >= 0.6 is 0 Å². The smallest absolute Gasteiger partial charge is 0.145 e. The van der Waals surface area contributed by atoms with Gasteiger partial charge in [-0.3, -0.25) is 4.90 Å². The number of ether oxygens (including phenoxy) is 1. The van der Waals surface area contributed by atoms with E-state index in [0.29, 0.717) is 12.5 Å². The van der Waals surface area contributed by atoms with Crippen LogP contribution in [0.5, 0.6) is 5.75 Å². The minimum absolute atomic E-state index is 0.133. The number of halogens is 1. The van der Waals surface area contributed by atoms with Crippen LogP contribution in [-0.2, 0) is 13.1 Å². The molecule has 5 rings (SSSR count). The monoisotopic (exact) mass is 365 g/mol. The first-order valence-electron chi connectivity index (χ1n) is 9.78. The van der Waals surface area contributed by atoms with E-state index in [2.05, 4.69) is 34.6 Å². The van der Waals surface area contributed by atoms with Gasteiger partial charge >= 0.3 is 0 Å². The number of nitrogens with zero attached hydrogens (tertiary/aromatic N) is 3. The van der Waals surface area contributed by atoms with E-state index in [1.807, 2.05) is 6.07 Å². The van der Waals surface area contributed by atoms with Crippen molar-refractivity contribution in [1.82, 2.24) is 14.5 Å². The van der Waals surface area contributed by atoms with Crippen molar-refractivity contribution in [3.8, 4) is 5.75 Å². The summed E-state index contributed by atoms with van der Waals surface area (Å²) in [4.78, 5) is 7.39. The van der Waals surface area contributed by atoms with Gasteiger partial charge in [-0.25, -0.2) is 9.37 Å². The number of hydrogen-bond donors (Lipinski definition) is 0. The second kappa shape index (κ2) is 6.64. The molecule has 1 aromatic heterocycles. The largest absolute Gasteiger partial charge is 0.489 e. The molecule has 2 aromatic carbocycles. The summed E-state index contributed by atoms with van der Waals surface area (Å²) in [6.07, 6.45) is 2.13. The van der Waals surface area contributed by atoms with Crippen molar-refractivity contribution >= 4 is 11.0 Å². The Morgan fingerprint density at radius 2 is 2.00 bits per heavy atom. The number of imidazole rings is 1. The Morgan fingerprint density at radius 3 is 2.81 bits per heavy atom. The molecule has 0 spiro atoms. The van der Waals surface area contributed by atoms with Crippen LogP contribution < -0.4 is 4.74 Å². The zero-order valence-electron chi connectivity index (χ0n) is 15.6. The van der Waals surface area contributed by atoms with Gasteiger partial charge in [-0.05, 0) is 74.2 Å². The SMILES string of the molecule is Cc1cc2c3c(c1)nc(CN1CCC(c4cccc(F)c4)CC1)n3CCO2. The Bertz CT molecular complexity index is 989. The van der Waals surface area contributed by atoms with E-state index < -0.39 is 0 Å². The van der Waals surface area contributed by atoms with Gasteiger partial charge in [-0.1, -0.05) is 12.1 Å². The van der Waals surface area contributed by atoms with Crippen LogP contribution in [-0.4, -0.2) is 34.1 Å². The van der Waals surface area contributed by atoms with Gasteiger partial charge in [0.1, 0.15) is 29.5 Å². The molecule has 0 unspecified atom stereocenters. The van der Waals surface area contributed by atoms with E-state index >= 15 is 0 Å². The second-order valence-corrected chi connectivity index (χ2v) is 7.76. The third-order valence-corrected chi connectivity index (χ3v) is 5.88. The zero-order chi connectivity index (χ0) is 18.4. The van der Waals surface area contributed by atoms with E-state index in [4.69, 9.17) is 9.72 Å². The summed E-state index contributed by atoms with van der Waals surface area (Å²) in [6, 6.07) is 11.3. The fourth-order valence-corrected chi connectivity index (χ4v) is 4.52. The van der Waals surface area contributed by atoms with Gasteiger partial charge in [0.05, 0.1) is 18.6 Å². The molecule has 0 radical (unpaired) electrons. The topological polar surface area (TPSA) is 30.3 Å². The van der Waals surface area contributed by atoms with Crippen LogP contribution in [0, 0.1) is 12.7 Å². The zero-order valence-corrected chi connectivity index (χ0v) is 15.6. The van der Waals surface area contributed by atoms with Crippen molar-refractivity contribution < 1.29 is 9.13 Å². The lowest BCUT2D eigenvalue weighted by Crippen LogP contribution is -2.33. The van der Waals surface area contributed by atoms with Crippen molar-refractivity contribution in [2.45, 2.75) is 38.8 Å². The Hall–Kier alpha value is -2.40.